The van der Waals surface area contributed by atoms with Gasteiger partial charge in [-0.1, -0.05) is 6.08 Å². The van der Waals surface area contributed by atoms with E-state index in [9.17, 15) is 0 Å². The first-order valence-electron chi connectivity index (χ1n) is 4.03. The number of allylic oxidation sites excluding steroid dienone is 1. The molecule has 2 amide bonds. The molecule has 2 unspecified atom stereocenters. The summed E-state index contributed by atoms with van der Waals surface area (Å²) in [5.74, 6) is 0. The molecule has 0 aliphatic heterocycles. The van der Waals surface area contributed by atoms with E-state index in [2.05, 4.69) is 20.9 Å². The summed E-state index contributed by atoms with van der Waals surface area (Å²) in [7, 11) is 2.69. The fraction of sp³-hybridized carbons (Fsp3) is 0.625. The zero-order chi connectivity index (χ0) is 12.4. The number of aliphatic hydroxyl groups excluding tert-OH is 2. The minimum absolute atomic E-state index is 0.301. The molecule has 0 saturated heterocycles. The molecule has 15 heavy (non-hydrogen) atoms. The summed E-state index contributed by atoms with van der Waals surface area (Å²) in [5.41, 5.74) is 8.80. The van der Waals surface area contributed by atoms with E-state index in [0.29, 0.717) is 5.57 Å². The lowest BCUT2D eigenvalue weighted by Crippen LogP contribution is -2.24. The van der Waals surface area contributed by atoms with Crippen molar-refractivity contribution >= 4 is 6.03 Å². The molecule has 0 rings (SSSR count). The molecule has 0 radical (unpaired) electrons. The second kappa shape index (κ2) is 9.41. The lowest BCUT2D eigenvalue weighted by atomic mass is 10.2. The maximum absolute atomic E-state index is 9.09. The van der Waals surface area contributed by atoms with Crippen LogP contribution in [0.5, 0.6) is 0 Å². The SMILES string of the molecule is CC=C(C(O)OC)C(O)OC.NC(N)=O. The van der Waals surface area contributed by atoms with Crippen LogP contribution in [-0.2, 0) is 9.47 Å². The number of nitrogens with two attached hydrogens (primary N) is 2. The Morgan fingerprint density at radius 2 is 1.47 bits per heavy atom. The number of methoxy groups -OCH3 is 2. The summed E-state index contributed by atoms with van der Waals surface area (Å²) in [6, 6.07) is -0.833. The Balaban J connectivity index is 0. The average molecular weight is 222 g/mol. The molecule has 0 fully saturated rings. The van der Waals surface area contributed by atoms with Crippen LogP contribution in [0.15, 0.2) is 11.6 Å². The van der Waals surface area contributed by atoms with Crippen LogP contribution in [0.2, 0.25) is 0 Å². The average Bonchev–Trinajstić information content (AvgIpc) is 2.17. The lowest BCUT2D eigenvalue weighted by molar-refractivity contribution is -0.106. The number of urea groups is 1. The van der Waals surface area contributed by atoms with Crippen LogP contribution in [0.25, 0.3) is 0 Å². The Morgan fingerprint density at radius 3 is 1.60 bits per heavy atom. The highest BCUT2D eigenvalue weighted by Crippen LogP contribution is 2.08. The topological polar surface area (TPSA) is 128 Å². The molecule has 0 saturated carbocycles. The van der Waals surface area contributed by atoms with Gasteiger partial charge < -0.3 is 31.2 Å². The van der Waals surface area contributed by atoms with Crippen LogP contribution in [0, 0.1) is 0 Å². The number of carbonyl (C=O) groups is 1. The maximum Gasteiger partial charge on any atom is 0.309 e. The van der Waals surface area contributed by atoms with Crippen molar-refractivity contribution in [3.8, 4) is 0 Å². The quantitative estimate of drug-likeness (QED) is 0.354. The van der Waals surface area contributed by atoms with Crippen LogP contribution in [0.3, 0.4) is 0 Å². The third-order valence-corrected chi connectivity index (χ3v) is 1.35. The Bertz CT molecular complexity index is 191. The zero-order valence-corrected chi connectivity index (χ0v) is 9.01. The fourth-order valence-electron chi connectivity index (χ4n) is 0.679. The van der Waals surface area contributed by atoms with Gasteiger partial charge in [0, 0.05) is 19.8 Å². The number of ether oxygens (including phenoxy) is 2. The van der Waals surface area contributed by atoms with Crippen molar-refractivity contribution in [2.24, 2.45) is 11.5 Å². The highest BCUT2D eigenvalue weighted by Gasteiger charge is 2.16. The Kier molecular flexibility index (Phi) is 10.2. The molecule has 90 valence electrons. The van der Waals surface area contributed by atoms with Gasteiger partial charge in [-0.15, -0.1) is 0 Å². The highest BCUT2D eigenvalue weighted by atomic mass is 16.6. The summed E-state index contributed by atoms with van der Waals surface area (Å²) in [5, 5.41) is 18.2. The Labute approximate surface area is 88.3 Å². The van der Waals surface area contributed by atoms with Crippen molar-refractivity contribution in [3.63, 3.8) is 0 Å². The molecule has 0 aliphatic carbocycles. The van der Waals surface area contributed by atoms with Gasteiger partial charge in [-0.05, 0) is 6.92 Å². The van der Waals surface area contributed by atoms with Gasteiger partial charge in [-0.2, -0.15) is 0 Å². The van der Waals surface area contributed by atoms with Crippen LogP contribution in [-0.4, -0.2) is 43.0 Å². The van der Waals surface area contributed by atoms with E-state index in [1.54, 1.807) is 13.0 Å². The van der Waals surface area contributed by atoms with E-state index in [-0.39, 0.29) is 0 Å². The number of primary amides is 2. The molecule has 0 aliphatic rings. The number of hydrogen-bond donors (Lipinski definition) is 4. The molecule has 0 aromatic carbocycles. The summed E-state index contributed by atoms with van der Waals surface area (Å²) in [6.07, 6.45) is -0.660. The summed E-state index contributed by atoms with van der Waals surface area (Å²) in [6.45, 7) is 1.68. The molecule has 6 N–H and O–H groups in total. The number of carbonyl (C=O) groups excluding carboxylic acids is 1. The Hall–Kier alpha value is -1.15. The van der Waals surface area contributed by atoms with E-state index in [4.69, 9.17) is 15.0 Å². The molecule has 0 spiro atoms. The predicted octanol–water partition coefficient (Wildman–Crippen LogP) is -1.11. The second-order valence-corrected chi connectivity index (χ2v) is 2.37. The first-order valence-corrected chi connectivity index (χ1v) is 4.03. The van der Waals surface area contributed by atoms with Crippen LogP contribution in [0.4, 0.5) is 4.79 Å². The minimum atomic E-state index is -1.10. The number of aliphatic hydroxyl groups is 2. The highest BCUT2D eigenvalue weighted by molar-refractivity contribution is 5.69. The minimum Gasteiger partial charge on any atom is -0.364 e. The van der Waals surface area contributed by atoms with E-state index in [1.165, 1.54) is 14.2 Å². The fourth-order valence-corrected chi connectivity index (χ4v) is 0.679. The van der Waals surface area contributed by atoms with Gasteiger partial charge in [0.2, 0.25) is 0 Å². The maximum atomic E-state index is 9.09. The first kappa shape index (κ1) is 16.3. The van der Waals surface area contributed by atoms with Gasteiger partial charge in [0.1, 0.15) is 0 Å². The van der Waals surface area contributed by atoms with Gasteiger partial charge in [-0.3, -0.25) is 0 Å². The number of hydrogen-bond acceptors (Lipinski definition) is 5. The first-order chi connectivity index (χ1) is 6.90. The summed E-state index contributed by atoms with van der Waals surface area (Å²) >= 11 is 0. The summed E-state index contributed by atoms with van der Waals surface area (Å²) in [4.78, 5) is 9.00. The van der Waals surface area contributed by atoms with Crippen molar-refractivity contribution in [3.05, 3.63) is 11.6 Å². The normalized spacial score (nSPS) is 13.1. The van der Waals surface area contributed by atoms with E-state index in [0.717, 1.165) is 0 Å². The van der Waals surface area contributed by atoms with Crippen LogP contribution < -0.4 is 11.5 Å². The summed E-state index contributed by atoms with van der Waals surface area (Å²) < 4.78 is 9.15. The van der Waals surface area contributed by atoms with Gasteiger partial charge in [0.05, 0.1) is 0 Å². The van der Waals surface area contributed by atoms with Gasteiger partial charge in [0.25, 0.3) is 0 Å². The van der Waals surface area contributed by atoms with Gasteiger partial charge in [0.15, 0.2) is 12.6 Å². The van der Waals surface area contributed by atoms with Gasteiger partial charge >= 0.3 is 6.03 Å². The molecule has 0 aromatic rings. The molecular formula is C8H18N2O5. The molecular weight excluding hydrogens is 204 g/mol. The molecule has 7 heteroatoms. The smallest absolute Gasteiger partial charge is 0.309 e. The lowest BCUT2D eigenvalue weighted by Gasteiger charge is -2.16. The third-order valence-electron chi connectivity index (χ3n) is 1.35. The molecule has 0 bridgehead atoms. The van der Waals surface area contributed by atoms with Crippen molar-refractivity contribution in [1.82, 2.24) is 0 Å². The number of rotatable bonds is 4. The zero-order valence-electron chi connectivity index (χ0n) is 9.01. The molecule has 7 nitrogen and oxygen atoms in total. The standard InChI is InChI=1S/C7H14O4.CH4N2O/c1-4-5(6(8)10-2)7(9)11-3;2-1(3)4/h4,6-9H,1-3H3;(H4,2,3,4). The number of amides is 2. The molecule has 0 aromatic heterocycles. The molecule has 2 atom stereocenters. The van der Waals surface area contributed by atoms with Crippen molar-refractivity contribution < 1.29 is 24.5 Å². The van der Waals surface area contributed by atoms with Crippen LogP contribution in [0.1, 0.15) is 6.92 Å². The monoisotopic (exact) mass is 222 g/mol. The van der Waals surface area contributed by atoms with E-state index < -0.39 is 18.6 Å². The largest absolute Gasteiger partial charge is 0.364 e. The van der Waals surface area contributed by atoms with Crippen LogP contribution >= 0.6 is 0 Å². The van der Waals surface area contributed by atoms with E-state index >= 15 is 0 Å². The van der Waals surface area contributed by atoms with Crippen molar-refractivity contribution in [2.75, 3.05) is 14.2 Å². The molecule has 0 heterocycles. The van der Waals surface area contributed by atoms with Crippen molar-refractivity contribution in [1.29, 1.82) is 0 Å². The van der Waals surface area contributed by atoms with Crippen molar-refractivity contribution in [2.45, 2.75) is 19.5 Å². The van der Waals surface area contributed by atoms with E-state index in [1.807, 2.05) is 0 Å². The second-order valence-electron chi connectivity index (χ2n) is 2.37. The van der Waals surface area contributed by atoms with Gasteiger partial charge in [-0.25, -0.2) is 4.79 Å². The Morgan fingerprint density at radius 1 is 1.20 bits per heavy atom. The predicted molar refractivity (Wildman–Crippen MR) is 53.6 cm³/mol. The third kappa shape index (κ3) is 9.16.